The molecule has 0 bridgehead atoms. The van der Waals surface area contributed by atoms with E-state index in [4.69, 9.17) is 9.41 Å². The molecule has 6 nitrogen and oxygen atoms in total. The number of amides is 1. The Morgan fingerprint density at radius 1 is 1.20 bits per heavy atom. The molecule has 1 aromatic heterocycles. The van der Waals surface area contributed by atoms with Crippen LogP contribution in [0.15, 0.2) is 33.7 Å². The van der Waals surface area contributed by atoms with E-state index >= 15 is 0 Å². The van der Waals surface area contributed by atoms with Crippen molar-refractivity contribution >= 4 is 22.8 Å². The quantitative estimate of drug-likeness (QED) is 0.528. The number of aryl methyl sites for hydroxylation is 1. The summed E-state index contributed by atoms with van der Waals surface area (Å²) in [6.07, 6.45) is 3.73. The van der Waals surface area contributed by atoms with Gasteiger partial charge in [0.25, 0.3) is 0 Å². The largest absolute Gasteiger partial charge is 0.459 e. The number of rotatable bonds is 7. The Morgan fingerprint density at radius 2 is 1.90 bits per heavy atom. The number of likely N-dealkylation sites (tertiary alicyclic amines) is 1. The van der Waals surface area contributed by atoms with Crippen molar-refractivity contribution in [3.63, 3.8) is 0 Å². The molecule has 0 unspecified atom stereocenters. The smallest absolute Gasteiger partial charge is 0.225 e. The Kier molecular flexibility index (Phi) is 7.77. The summed E-state index contributed by atoms with van der Waals surface area (Å²) in [7, 11) is 0. The van der Waals surface area contributed by atoms with Crippen molar-refractivity contribution < 1.29 is 9.21 Å². The average Bonchev–Trinajstić information content (AvgIpc) is 3.09. The van der Waals surface area contributed by atoms with Gasteiger partial charge in [-0.2, -0.15) is 0 Å². The maximum absolute atomic E-state index is 12.6. The third kappa shape index (κ3) is 5.15. The van der Waals surface area contributed by atoms with Gasteiger partial charge in [0.1, 0.15) is 17.9 Å². The van der Waals surface area contributed by atoms with Gasteiger partial charge in [0.2, 0.25) is 5.91 Å². The van der Waals surface area contributed by atoms with Crippen LogP contribution in [0.25, 0.3) is 11.0 Å². The summed E-state index contributed by atoms with van der Waals surface area (Å²) >= 11 is 0. The van der Waals surface area contributed by atoms with Crippen molar-refractivity contribution in [1.29, 1.82) is 0 Å². The Bertz CT molecular complexity index is 861. The first-order valence-corrected chi connectivity index (χ1v) is 11.4. The van der Waals surface area contributed by atoms with Crippen LogP contribution < -0.4 is 10.6 Å². The lowest BCUT2D eigenvalue weighted by Gasteiger charge is -2.34. The molecule has 6 heteroatoms. The van der Waals surface area contributed by atoms with Crippen molar-refractivity contribution in [2.45, 2.75) is 66.0 Å². The van der Waals surface area contributed by atoms with Gasteiger partial charge in [-0.1, -0.05) is 32.0 Å². The highest BCUT2D eigenvalue weighted by atomic mass is 16.3. The summed E-state index contributed by atoms with van der Waals surface area (Å²) < 4.78 is 5.99. The van der Waals surface area contributed by atoms with E-state index in [-0.39, 0.29) is 5.92 Å². The average molecular weight is 413 g/mol. The third-order valence-electron chi connectivity index (χ3n) is 6.15. The van der Waals surface area contributed by atoms with Crippen molar-refractivity contribution in [2.24, 2.45) is 10.9 Å². The van der Waals surface area contributed by atoms with Gasteiger partial charge in [-0.15, -0.1) is 0 Å². The van der Waals surface area contributed by atoms with Gasteiger partial charge in [0.15, 0.2) is 5.96 Å². The Labute approximate surface area is 180 Å². The lowest BCUT2D eigenvalue weighted by molar-refractivity contribution is -0.136. The minimum atomic E-state index is 0.167. The molecule has 0 saturated carbocycles. The zero-order valence-electron chi connectivity index (χ0n) is 18.8. The van der Waals surface area contributed by atoms with Crippen LogP contribution in [0.3, 0.4) is 0 Å². The first kappa shape index (κ1) is 22.2. The number of carbonyl (C=O) groups is 1. The van der Waals surface area contributed by atoms with E-state index in [1.54, 1.807) is 0 Å². The zero-order chi connectivity index (χ0) is 21.5. The maximum atomic E-state index is 12.6. The summed E-state index contributed by atoms with van der Waals surface area (Å²) in [6.45, 7) is 11.3. The van der Waals surface area contributed by atoms with Crippen LogP contribution in [0.4, 0.5) is 0 Å². The first-order valence-electron chi connectivity index (χ1n) is 11.4. The van der Waals surface area contributed by atoms with Gasteiger partial charge < -0.3 is 20.0 Å². The van der Waals surface area contributed by atoms with Gasteiger partial charge in [-0.3, -0.25) is 4.79 Å². The molecule has 1 aliphatic rings. The summed E-state index contributed by atoms with van der Waals surface area (Å²) in [6, 6.07) is 8.43. The summed E-state index contributed by atoms with van der Waals surface area (Å²) in [5, 5.41) is 8.05. The number of guanidine groups is 1. The van der Waals surface area contributed by atoms with Gasteiger partial charge in [0.05, 0.1) is 0 Å². The lowest BCUT2D eigenvalue weighted by Crippen LogP contribution is -2.50. The molecule has 2 heterocycles. The summed E-state index contributed by atoms with van der Waals surface area (Å²) in [5.74, 6) is 2.20. The Hall–Kier alpha value is -2.50. The molecule has 2 N–H and O–H groups in total. The SMILES string of the molecule is CCNC(=NCc1oc2ccccc2c1C)NC1CCN(C(=O)C(CC)CC)CC1. The van der Waals surface area contributed by atoms with Gasteiger partial charge in [-0.25, -0.2) is 4.99 Å². The molecule has 1 fully saturated rings. The monoisotopic (exact) mass is 412 g/mol. The van der Waals surface area contributed by atoms with E-state index < -0.39 is 0 Å². The fourth-order valence-electron chi connectivity index (χ4n) is 4.18. The number of nitrogens with zero attached hydrogens (tertiary/aromatic N) is 2. The Morgan fingerprint density at radius 3 is 2.53 bits per heavy atom. The number of hydrogen-bond acceptors (Lipinski definition) is 3. The zero-order valence-corrected chi connectivity index (χ0v) is 18.8. The van der Waals surface area contributed by atoms with E-state index in [9.17, 15) is 4.79 Å². The van der Waals surface area contributed by atoms with E-state index in [0.717, 1.165) is 73.6 Å². The van der Waals surface area contributed by atoms with Crippen LogP contribution in [-0.4, -0.2) is 42.4 Å². The van der Waals surface area contributed by atoms with Crippen LogP contribution in [0.2, 0.25) is 0 Å². The lowest BCUT2D eigenvalue weighted by atomic mass is 9.98. The molecule has 1 aliphatic heterocycles. The van der Waals surface area contributed by atoms with Crippen LogP contribution >= 0.6 is 0 Å². The number of hydrogen-bond donors (Lipinski definition) is 2. The normalized spacial score (nSPS) is 15.8. The second-order valence-electron chi connectivity index (χ2n) is 8.10. The molecule has 0 radical (unpaired) electrons. The van der Waals surface area contributed by atoms with Crippen LogP contribution in [0.1, 0.15) is 57.8 Å². The number of fused-ring (bicyclic) bond motifs is 1. The van der Waals surface area contributed by atoms with E-state index in [0.29, 0.717) is 18.5 Å². The molecule has 164 valence electrons. The third-order valence-corrected chi connectivity index (χ3v) is 6.15. The maximum Gasteiger partial charge on any atom is 0.225 e. The van der Waals surface area contributed by atoms with Crippen molar-refractivity contribution in [3.8, 4) is 0 Å². The molecule has 3 rings (SSSR count). The minimum Gasteiger partial charge on any atom is -0.459 e. The summed E-state index contributed by atoms with van der Waals surface area (Å²) in [5.41, 5.74) is 2.06. The number of nitrogens with one attached hydrogen (secondary N) is 2. The molecule has 30 heavy (non-hydrogen) atoms. The molecule has 1 saturated heterocycles. The minimum absolute atomic E-state index is 0.167. The predicted octanol–water partition coefficient (Wildman–Crippen LogP) is 4.22. The molecule has 1 amide bonds. The van der Waals surface area contributed by atoms with Crippen molar-refractivity contribution in [1.82, 2.24) is 15.5 Å². The number of para-hydroxylation sites is 1. The van der Waals surface area contributed by atoms with E-state index in [1.165, 1.54) is 0 Å². The van der Waals surface area contributed by atoms with E-state index in [1.807, 2.05) is 23.1 Å². The molecule has 0 aliphatic carbocycles. The molecule has 0 spiro atoms. The van der Waals surface area contributed by atoms with Crippen LogP contribution in [0.5, 0.6) is 0 Å². The number of carbonyl (C=O) groups excluding carboxylic acids is 1. The van der Waals surface area contributed by atoms with Gasteiger partial charge in [-0.05, 0) is 45.6 Å². The second-order valence-corrected chi connectivity index (χ2v) is 8.10. The standard InChI is InChI=1S/C24H36N4O2/c1-5-18(6-2)23(29)28-14-12-19(13-15-28)27-24(25-7-3)26-16-22-17(4)20-10-8-9-11-21(20)30-22/h8-11,18-19H,5-7,12-16H2,1-4H3,(H2,25,26,27). The highest BCUT2D eigenvalue weighted by Gasteiger charge is 2.26. The number of furan rings is 1. The highest BCUT2D eigenvalue weighted by molar-refractivity contribution is 5.83. The Balaban J connectivity index is 1.59. The van der Waals surface area contributed by atoms with Crippen LogP contribution in [0, 0.1) is 12.8 Å². The first-order chi connectivity index (χ1) is 14.6. The molecule has 1 aromatic carbocycles. The fraction of sp³-hybridized carbons (Fsp3) is 0.583. The molecule has 0 atom stereocenters. The topological polar surface area (TPSA) is 69.9 Å². The fourth-order valence-corrected chi connectivity index (χ4v) is 4.18. The highest BCUT2D eigenvalue weighted by Crippen LogP contribution is 2.25. The van der Waals surface area contributed by atoms with Crippen molar-refractivity contribution in [3.05, 3.63) is 35.6 Å². The molecule has 2 aromatic rings. The number of benzene rings is 1. The molecular formula is C24H36N4O2. The summed E-state index contributed by atoms with van der Waals surface area (Å²) in [4.78, 5) is 19.4. The van der Waals surface area contributed by atoms with Crippen molar-refractivity contribution in [2.75, 3.05) is 19.6 Å². The van der Waals surface area contributed by atoms with Crippen LogP contribution in [-0.2, 0) is 11.3 Å². The predicted molar refractivity (Wildman–Crippen MR) is 123 cm³/mol. The van der Waals surface area contributed by atoms with E-state index in [2.05, 4.69) is 44.4 Å². The molecular weight excluding hydrogens is 376 g/mol. The van der Waals surface area contributed by atoms with Gasteiger partial charge in [0, 0.05) is 42.5 Å². The van der Waals surface area contributed by atoms with Gasteiger partial charge >= 0.3 is 0 Å². The number of piperidine rings is 1. The number of aliphatic imine (C=N–C) groups is 1. The second kappa shape index (κ2) is 10.5.